The van der Waals surface area contributed by atoms with Crippen LogP contribution in [0.5, 0.6) is 0 Å². The number of benzene rings is 1. The van der Waals surface area contributed by atoms with Crippen LogP contribution in [0.3, 0.4) is 0 Å². The van der Waals surface area contributed by atoms with Crippen LogP contribution in [0.2, 0.25) is 0 Å². The quantitative estimate of drug-likeness (QED) is 0.827. The SMILES string of the molecule is CC(C)(C(=O)N1CCC(CO)CC1)c1ccc(N)cc1. The number of amides is 1. The maximum Gasteiger partial charge on any atom is 0.232 e. The molecule has 0 saturated carbocycles. The van der Waals surface area contributed by atoms with Gasteiger partial charge in [-0.2, -0.15) is 0 Å². The molecule has 1 aliphatic heterocycles. The summed E-state index contributed by atoms with van der Waals surface area (Å²) in [6.45, 7) is 5.62. The number of carbonyl (C=O) groups is 1. The molecule has 0 bridgehead atoms. The van der Waals surface area contributed by atoms with Gasteiger partial charge < -0.3 is 15.7 Å². The van der Waals surface area contributed by atoms with Crippen LogP contribution >= 0.6 is 0 Å². The predicted molar refractivity (Wildman–Crippen MR) is 80.3 cm³/mol. The van der Waals surface area contributed by atoms with Crippen molar-refractivity contribution < 1.29 is 9.90 Å². The van der Waals surface area contributed by atoms with Crippen LogP contribution in [0.15, 0.2) is 24.3 Å². The number of carbonyl (C=O) groups excluding carboxylic acids is 1. The van der Waals surface area contributed by atoms with Crippen molar-refractivity contribution in [2.75, 3.05) is 25.4 Å². The Morgan fingerprint density at radius 1 is 1.30 bits per heavy atom. The number of anilines is 1. The number of aliphatic hydroxyl groups excluding tert-OH is 1. The lowest BCUT2D eigenvalue weighted by atomic mass is 9.82. The van der Waals surface area contributed by atoms with Gasteiger partial charge in [0, 0.05) is 25.4 Å². The van der Waals surface area contributed by atoms with Gasteiger partial charge in [-0.3, -0.25) is 4.79 Å². The van der Waals surface area contributed by atoms with Gasteiger partial charge in [-0.25, -0.2) is 0 Å². The molecule has 2 rings (SSSR count). The number of rotatable bonds is 3. The highest BCUT2D eigenvalue weighted by atomic mass is 16.3. The smallest absolute Gasteiger partial charge is 0.232 e. The number of nitrogen functional groups attached to an aromatic ring is 1. The van der Waals surface area contributed by atoms with E-state index in [4.69, 9.17) is 10.8 Å². The van der Waals surface area contributed by atoms with E-state index < -0.39 is 5.41 Å². The Morgan fingerprint density at radius 3 is 2.35 bits per heavy atom. The first-order chi connectivity index (χ1) is 9.45. The van der Waals surface area contributed by atoms with E-state index in [0.717, 1.165) is 31.5 Å². The third kappa shape index (κ3) is 2.96. The highest BCUT2D eigenvalue weighted by Gasteiger charge is 2.35. The maximum absolute atomic E-state index is 12.7. The highest BCUT2D eigenvalue weighted by molar-refractivity contribution is 5.87. The van der Waals surface area contributed by atoms with E-state index in [2.05, 4.69) is 0 Å². The molecule has 0 unspecified atom stereocenters. The fraction of sp³-hybridized carbons (Fsp3) is 0.562. The number of hydrogen-bond acceptors (Lipinski definition) is 3. The first-order valence-electron chi connectivity index (χ1n) is 7.21. The lowest BCUT2D eigenvalue weighted by Crippen LogP contribution is -2.47. The number of nitrogens with zero attached hydrogens (tertiary/aromatic N) is 1. The molecule has 1 saturated heterocycles. The number of aliphatic hydroxyl groups is 1. The van der Waals surface area contributed by atoms with E-state index in [-0.39, 0.29) is 12.5 Å². The van der Waals surface area contributed by atoms with E-state index in [1.165, 1.54) is 0 Å². The van der Waals surface area contributed by atoms with Crippen LogP contribution in [-0.2, 0) is 10.2 Å². The minimum absolute atomic E-state index is 0.152. The summed E-state index contributed by atoms with van der Waals surface area (Å²) in [5.41, 5.74) is 6.85. The second-order valence-electron chi connectivity index (χ2n) is 6.17. The summed E-state index contributed by atoms with van der Waals surface area (Å²) in [4.78, 5) is 14.7. The molecule has 4 nitrogen and oxygen atoms in total. The van der Waals surface area contributed by atoms with Gasteiger partial charge in [-0.15, -0.1) is 0 Å². The first-order valence-corrected chi connectivity index (χ1v) is 7.21. The summed E-state index contributed by atoms with van der Waals surface area (Å²) in [7, 11) is 0. The molecule has 1 heterocycles. The molecule has 3 N–H and O–H groups in total. The van der Waals surface area contributed by atoms with Crippen LogP contribution in [0, 0.1) is 5.92 Å². The molecule has 1 aromatic rings. The van der Waals surface area contributed by atoms with Crippen molar-refractivity contribution in [1.82, 2.24) is 4.90 Å². The normalized spacial score (nSPS) is 17.2. The summed E-state index contributed by atoms with van der Waals surface area (Å²) in [6.07, 6.45) is 1.78. The molecule has 110 valence electrons. The zero-order chi connectivity index (χ0) is 14.8. The molecule has 1 aliphatic rings. The number of hydrogen-bond donors (Lipinski definition) is 2. The summed E-state index contributed by atoms with van der Waals surface area (Å²) in [6, 6.07) is 7.52. The average molecular weight is 276 g/mol. The van der Waals surface area contributed by atoms with Gasteiger partial charge in [0.15, 0.2) is 0 Å². The molecule has 20 heavy (non-hydrogen) atoms. The Balaban J connectivity index is 2.09. The lowest BCUT2D eigenvalue weighted by molar-refractivity contribution is -0.137. The molecular weight excluding hydrogens is 252 g/mol. The molecule has 4 heteroatoms. The average Bonchev–Trinajstić information content (AvgIpc) is 2.47. The minimum atomic E-state index is -0.542. The van der Waals surface area contributed by atoms with E-state index in [1.54, 1.807) is 0 Å². The van der Waals surface area contributed by atoms with Crippen molar-refractivity contribution in [3.63, 3.8) is 0 Å². The van der Waals surface area contributed by atoms with Crippen molar-refractivity contribution in [2.24, 2.45) is 5.92 Å². The van der Waals surface area contributed by atoms with E-state index in [0.29, 0.717) is 11.6 Å². The molecular formula is C16H24N2O2. The maximum atomic E-state index is 12.7. The fourth-order valence-electron chi connectivity index (χ4n) is 2.74. The third-order valence-corrected chi connectivity index (χ3v) is 4.33. The Kier molecular flexibility index (Phi) is 4.33. The van der Waals surface area contributed by atoms with Crippen molar-refractivity contribution in [1.29, 1.82) is 0 Å². The van der Waals surface area contributed by atoms with E-state index in [1.807, 2.05) is 43.0 Å². The standard InChI is InChI=1S/C16H24N2O2/c1-16(2,13-3-5-14(17)6-4-13)15(20)18-9-7-12(11-19)8-10-18/h3-6,12,19H,7-11,17H2,1-2H3. The topological polar surface area (TPSA) is 66.6 Å². The van der Waals surface area contributed by atoms with Crippen LogP contribution < -0.4 is 5.73 Å². The van der Waals surface area contributed by atoms with Crippen LogP contribution in [0.25, 0.3) is 0 Å². The van der Waals surface area contributed by atoms with Gasteiger partial charge in [0.25, 0.3) is 0 Å². The molecule has 0 atom stereocenters. The Labute approximate surface area is 120 Å². The first kappa shape index (κ1) is 14.9. The van der Waals surface area contributed by atoms with Gasteiger partial charge in [-0.1, -0.05) is 12.1 Å². The summed E-state index contributed by atoms with van der Waals surface area (Å²) < 4.78 is 0. The van der Waals surface area contributed by atoms with Crippen molar-refractivity contribution >= 4 is 11.6 Å². The number of likely N-dealkylation sites (tertiary alicyclic amines) is 1. The van der Waals surface area contributed by atoms with Gasteiger partial charge in [0.1, 0.15) is 0 Å². The van der Waals surface area contributed by atoms with Gasteiger partial charge in [0.2, 0.25) is 5.91 Å². The zero-order valence-electron chi connectivity index (χ0n) is 12.3. The second-order valence-corrected chi connectivity index (χ2v) is 6.17. The molecule has 0 aliphatic carbocycles. The Hall–Kier alpha value is -1.55. The van der Waals surface area contributed by atoms with Gasteiger partial charge in [0.05, 0.1) is 5.41 Å². The molecule has 0 radical (unpaired) electrons. The monoisotopic (exact) mass is 276 g/mol. The molecule has 1 aromatic carbocycles. The molecule has 1 amide bonds. The zero-order valence-corrected chi connectivity index (χ0v) is 12.3. The minimum Gasteiger partial charge on any atom is -0.399 e. The fourth-order valence-corrected chi connectivity index (χ4v) is 2.74. The van der Waals surface area contributed by atoms with Gasteiger partial charge in [-0.05, 0) is 50.3 Å². The van der Waals surface area contributed by atoms with E-state index >= 15 is 0 Å². The molecule has 0 spiro atoms. The van der Waals surface area contributed by atoms with Crippen LogP contribution in [0.1, 0.15) is 32.3 Å². The summed E-state index contributed by atoms with van der Waals surface area (Å²) in [5.74, 6) is 0.498. The predicted octanol–water partition coefficient (Wildman–Crippen LogP) is 1.78. The van der Waals surface area contributed by atoms with Crippen molar-refractivity contribution in [3.05, 3.63) is 29.8 Å². The van der Waals surface area contributed by atoms with Crippen LogP contribution in [-0.4, -0.2) is 35.6 Å². The lowest BCUT2D eigenvalue weighted by Gasteiger charge is -2.36. The largest absolute Gasteiger partial charge is 0.399 e. The van der Waals surface area contributed by atoms with Crippen molar-refractivity contribution in [3.8, 4) is 0 Å². The van der Waals surface area contributed by atoms with Gasteiger partial charge >= 0.3 is 0 Å². The van der Waals surface area contributed by atoms with E-state index in [9.17, 15) is 4.79 Å². The number of piperidine rings is 1. The Morgan fingerprint density at radius 2 is 1.85 bits per heavy atom. The Bertz CT molecular complexity index is 460. The summed E-state index contributed by atoms with van der Waals surface area (Å²) >= 11 is 0. The molecule has 1 fully saturated rings. The number of nitrogens with two attached hydrogens (primary N) is 1. The molecule has 0 aromatic heterocycles. The second kappa shape index (κ2) is 5.83. The van der Waals surface area contributed by atoms with Crippen LogP contribution in [0.4, 0.5) is 5.69 Å². The highest BCUT2D eigenvalue weighted by Crippen LogP contribution is 2.28. The summed E-state index contributed by atoms with van der Waals surface area (Å²) in [5, 5.41) is 9.16. The van der Waals surface area contributed by atoms with Crippen molar-refractivity contribution in [2.45, 2.75) is 32.1 Å². The third-order valence-electron chi connectivity index (χ3n) is 4.33.